The largest absolute Gasteiger partial charge is 0.286 e. The van der Waals surface area contributed by atoms with Crippen LogP contribution >= 0.6 is 0 Å². The molecule has 0 aliphatic heterocycles. The maximum Gasteiger partial charge on any atom is 0.265 e. The van der Waals surface area contributed by atoms with Gasteiger partial charge in [0.25, 0.3) is 10.1 Å². The van der Waals surface area contributed by atoms with Gasteiger partial charge in [0.15, 0.2) is 0 Å². The third-order valence-electron chi connectivity index (χ3n) is 3.36. The molecule has 3 nitrogen and oxygen atoms in total. The van der Waals surface area contributed by atoms with Gasteiger partial charge in [-0.1, -0.05) is 67.6 Å². The van der Waals surface area contributed by atoms with Gasteiger partial charge in [0.05, 0.1) is 5.75 Å². The Labute approximate surface area is 120 Å². The molecule has 2 aromatic rings. The van der Waals surface area contributed by atoms with Crippen molar-refractivity contribution in [2.24, 2.45) is 5.92 Å². The molecule has 0 heterocycles. The van der Waals surface area contributed by atoms with Gasteiger partial charge in [0.1, 0.15) is 0 Å². The van der Waals surface area contributed by atoms with Crippen molar-refractivity contribution >= 4 is 10.1 Å². The van der Waals surface area contributed by atoms with Crippen molar-refractivity contribution in [2.75, 3.05) is 5.75 Å². The van der Waals surface area contributed by atoms with Crippen LogP contribution < -0.4 is 0 Å². The third kappa shape index (κ3) is 3.92. The van der Waals surface area contributed by atoms with Gasteiger partial charge < -0.3 is 0 Å². The average molecular weight is 290 g/mol. The summed E-state index contributed by atoms with van der Waals surface area (Å²) in [7, 11) is -3.98. The minimum Gasteiger partial charge on any atom is -0.286 e. The van der Waals surface area contributed by atoms with Crippen LogP contribution in [0.15, 0.2) is 60.7 Å². The van der Waals surface area contributed by atoms with Crippen LogP contribution in [0.25, 0.3) is 0 Å². The van der Waals surface area contributed by atoms with Crippen molar-refractivity contribution in [3.63, 3.8) is 0 Å². The fraction of sp³-hybridized carbons (Fsp3) is 0.250. The van der Waals surface area contributed by atoms with E-state index >= 15 is 0 Å². The first-order valence-electron chi connectivity index (χ1n) is 6.52. The monoisotopic (exact) mass is 290 g/mol. The molecule has 1 N–H and O–H groups in total. The molecule has 2 aromatic carbocycles. The molecular weight excluding hydrogens is 272 g/mol. The molecule has 106 valence electrons. The highest BCUT2D eigenvalue weighted by Crippen LogP contribution is 2.32. The van der Waals surface area contributed by atoms with Crippen molar-refractivity contribution in [1.82, 2.24) is 0 Å². The average Bonchev–Trinajstić information content (AvgIpc) is 2.39. The Bertz CT molecular complexity index is 596. The predicted octanol–water partition coefficient (Wildman–Crippen LogP) is 3.34. The van der Waals surface area contributed by atoms with Gasteiger partial charge in [-0.15, -0.1) is 0 Å². The summed E-state index contributed by atoms with van der Waals surface area (Å²) in [6.07, 6.45) is 0. The van der Waals surface area contributed by atoms with E-state index in [1.54, 1.807) is 0 Å². The normalized spacial score (nSPS) is 13.3. The Morgan fingerprint density at radius 1 is 0.900 bits per heavy atom. The zero-order chi connectivity index (χ0) is 14.6. The summed E-state index contributed by atoms with van der Waals surface area (Å²) in [5.41, 5.74) is 2.10. The highest BCUT2D eigenvalue weighted by Gasteiger charge is 2.25. The number of hydrogen-bond acceptors (Lipinski definition) is 2. The summed E-state index contributed by atoms with van der Waals surface area (Å²) in [5.74, 6) is -0.518. The van der Waals surface area contributed by atoms with Gasteiger partial charge in [-0.2, -0.15) is 8.42 Å². The topological polar surface area (TPSA) is 54.4 Å². The Balaban J connectivity index is 2.40. The van der Waals surface area contributed by atoms with Crippen LogP contribution in [0.1, 0.15) is 24.0 Å². The molecule has 0 bridgehead atoms. The minimum absolute atomic E-state index is 0.0562. The fourth-order valence-corrected chi connectivity index (χ4v) is 3.46. The van der Waals surface area contributed by atoms with E-state index in [-0.39, 0.29) is 17.6 Å². The summed E-state index contributed by atoms with van der Waals surface area (Å²) >= 11 is 0. The van der Waals surface area contributed by atoms with E-state index < -0.39 is 10.1 Å². The molecule has 0 aliphatic rings. The lowest BCUT2D eigenvalue weighted by Gasteiger charge is -2.24. The standard InChI is InChI=1S/C16H18O3S/c1-13(12-20(17,18)19)16(14-8-4-2-5-9-14)15-10-6-3-7-11-15/h2-11,13,16H,12H2,1H3,(H,17,18,19). The van der Waals surface area contributed by atoms with E-state index in [4.69, 9.17) is 4.55 Å². The molecule has 0 amide bonds. The van der Waals surface area contributed by atoms with Crippen LogP contribution in [0.2, 0.25) is 0 Å². The van der Waals surface area contributed by atoms with E-state index in [9.17, 15) is 8.42 Å². The van der Waals surface area contributed by atoms with Gasteiger partial charge in [-0.05, 0) is 17.0 Å². The van der Waals surface area contributed by atoms with Crippen LogP contribution in [0.4, 0.5) is 0 Å². The summed E-state index contributed by atoms with van der Waals surface area (Å²) in [6.45, 7) is 1.85. The summed E-state index contributed by atoms with van der Waals surface area (Å²) in [5, 5.41) is 0. The van der Waals surface area contributed by atoms with Crippen LogP contribution in [0.5, 0.6) is 0 Å². The van der Waals surface area contributed by atoms with Gasteiger partial charge >= 0.3 is 0 Å². The number of rotatable bonds is 5. The minimum atomic E-state index is -3.98. The van der Waals surface area contributed by atoms with E-state index in [1.165, 1.54) is 0 Å². The second kappa shape index (κ2) is 6.20. The van der Waals surface area contributed by atoms with Crippen molar-refractivity contribution in [1.29, 1.82) is 0 Å². The maximum absolute atomic E-state index is 11.2. The third-order valence-corrected chi connectivity index (χ3v) is 4.31. The fourth-order valence-electron chi connectivity index (χ4n) is 2.60. The SMILES string of the molecule is CC(CS(=O)(=O)O)C(c1ccccc1)c1ccccc1. The molecule has 20 heavy (non-hydrogen) atoms. The molecule has 1 atom stereocenters. The molecule has 0 aliphatic carbocycles. The summed E-state index contributed by atoms with van der Waals surface area (Å²) in [6, 6.07) is 19.5. The lowest BCUT2D eigenvalue weighted by atomic mass is 9.82. The van der Waals surface area contributed by atoms with Gasteiger partial charge in [0, 0.05) is 5.92 Å². The van der Waals surface area contributed by atoms with Crippen molar-refractivity contribution < 1.29 is 13.0 Å². The smallest absolute Gasteiger partial charge is 0.265 e. The Morgan fingerprint density at radius 2 is 1.30 bits per heavy atom. The van der Waals surface area contributed by atoms with Gasteiger partial charge in [-0.25, -0.2) is 0 Å². The van der Waals surface area contributed by atoms with E-state index in [0.29, 0.717) is 0 Å². The zero-order valence-electron chi connectivity index (χ0n) is 11.3. The second-order valence-corrected chi connectivity index (χ2v) is 6.52. The Morgan fingerprint density at radius 3 is 1.65 bits per heavy atom. The summed E-state index contributed by atoms with van der Waals surface area (Å²) in [4.78, 5) is 0. The molecule has 0 fully saturated rings. The molecule has 1 unspecified atom stereocenters. The second-order valence-electron chi connectivity index (χ2n) is 5.02. The lowest BCUT2D eigenvalue weighted by molar-refractivity contribution is 0.459. The highest BCUT2D eigenvalue weighted by atomic mass is 32.2. The van der Waals surface area contributed by atoms with Crippen molar-refractivity contribution in [2.45, 2.75) is 12.8 Å². The first-order chi connectivity index (χ1) is 9.47. The first kappa shape index (κ1) is 14.8. The van der Waals surface area contributed by atoms with Gasteiger partial charge in [-0.3, -0.25) is 4.55 Å². The van der Waals surface area contributed by atoms with Crippen LogP contribution in [-0.4, -0.2) is 18.7 Å². The molecule has 0 radical (unpaired) electrons. The molecule has 0 spiro atoms. The first-order valence-corrected chi connectivity index (χ1v) is 8.13. The van der Waals surface area contributed by atoms with Crippen LogP contribution in [-0.2, 0) is 10.1 Å². The molecular formula is C16H18O3S. The van der Waals surface area contributed by atoms with Gasteiger partial charge in [0.2, 0.25) is 0 Å². The quantitative estimate of drug-likeness (QED) is 0.859. The maximum atomic E-state index is 11.2. The van der Waals surface area contributed by atoms with Crippen molar-refractivity contribution in [3.05, 3.63) is 71.8 Å². The molecule has 0 saturated carbocycles. The lowest BCUT2D eigenvalue weighted by Crippen LogP contribution is -2.20. The number of hydrogen-bond donors (Lipinski definition) is 1. The van der Waals surface area contributed by atoms with E-state index in [1.807, 2.05) is 67.6 Å². The van der Waals surface area contributed by atoms with E-state index in [2.05, 4.69) is 0 Å². The number of benzene rings is 2. The van der Waals surface area contributed by atoms with E-state index in [0.717, 1.165) is 11.1 Å². The highest BCUT2D eigenvalue weighted by molar-refractivity contribution is 7.85. The molecule has 0 saturated heterocycles. The predicted molar refractivity (Wildman–Crippen MR) is 80.3 cm³/mol. The van der Waals surface area contributed by atoms with Crippen LogP contribution in [0.3, 0.4) is 0 Å². The zero-order valence-corrected chi connectivity index (χ0v) is 12.1. The Hall–Kier alpha value is -1.65. The van der Waals surface area contributed by atoms with Crippen LogP contribution in [0, 0.1) is 5.92 Å². The molecule has 2 rings (SSSR count). The summed E-state index contributed by atoms with van der Waals surface area (Å²) < 4.78 is 31.4. The molecule has 4 heteroatoms. The van der Waals surface area contributed by atoms with Crippen molar-refractivity contribution in [3.8, 4) is 0 Å². The Kier molecular flexibility index (Phi) is 4.57. The molecule has 0 aromatic heterocycles.